The van der Waals surface area contributed by atoms with Crippen LogP contribution in [0.2, 0.25) is 10.0 Å². The maximum atomic E-state index is 13.7. The Morgan fingerprint density at radius 1 is 1.03 bits per heavy atom. The van der Waals surface area contributed by atoms with Gasteiger partial charge in [-0.15, -0.1) is 0 Å². The molecule has 1 aliphatic heterocycles. The number of anilines is 1. The van der Waals surface area contributed by atoms with Crippen molar-refractivity contribution in [2.45, 2.75) is 13.0 Å². The molecule has 174 valence electrons. The molecular weight excluding hydrogens is 501 g/mol. The number of fused-ring (bicyclic) bond motifs is 1. The molecule has 1 amide bonds. The van der Waals surface area contributed by atoms with Gasteiger partial charge in [-0.25, -0.2) is 4.99 Å². The van der Waals surface area contributed by atoms with Crippen LogP contribution in [0.4, 0.5) is 5.69 Å². The Hall–Kier alpha value is -3.45. The van der Waals surface area contributed by atoms with Crippen LogP contribution in [-0.4, -0.2) is 10.5 Å². The van der Waals surface area contributed by atoms with E-state index >= 15 is 0 Å². The lowest BCUT2D eigenvalue weighted by Crippen LogP contribution is -2.40. The predicted octanol–water partition coefficient (Wildman–Crippen LogP) is 5.18. The third kappa shape index (κ3) is 4.60. The van der Waals surface area contributed by atoms with Gasteiger partial charge in [-0.3, -0.25) is 14.2 Å². The number of carbonyl (C=O) groups is 1. The van der Waals surface area contributed by atoms with Crippen LogP contribution in [0.5, 0.6) is 0 Å². The van der Waals surface area contributed by atoms with Crippen LogP contribution in [-0.2, 0) is 4.79 Å². The van der Waals surface area contributed by atoms with E-state index in [1.165, 1.54) is 11.3 Å². The van der Waals surface area contributed by atoms with Crippen molar-refractivity contribution in [1.82, 2.24) is 4.57 Å². The van der Waals surface area contributed by atoms with Crippen LogP contribution in [0, 0.1) is 0 Å². The molecule has 1 unspecified atom stereocenters. The molecule has 8 heteroatoms. The number of allylic oxidation sites excluding steroid dienone is 1. The summed E-state index contributed by atoms with van der Waals surface area (Å²) in [5.74, 6) is -0.304. The van der Waals surface area contributed by atoms with Crippen molar-refractivity contribution >= 4 is 52.2 Å². The van der Waals surface area contributed by atoms with Gasteiger partial charge in [-0.2, -0.15) is 0 Å². The molecule has 35 heavy (non-hydrogen) atoms. The molecule has 5 nitrogen and oxygen atoms in total. The first-order valence-corrected chi connectivity index (χ1v) is 12.4. The molecule has 0 radical (unpaired) electrons. The second kappa shape index (κ2) is 9.66. The molecular formula is C27H19Cl2N3O2S. The van der Waals surface area contributed by atoms with E-state index < -0.39 is 6.04 Å². The van der Waals surface area contributed by atoms with Crippen molar-refractivity contribution in [2.24, 2.45) is 4.99 Å². The number of aromatic nitrogens is 1. The van der Waals surface area contributed by atoms with Crippen LogP contribution in [0.3, 0.4) is 0 Å². The second-order valence-corrected chi connectivity index (χ2v) is 9.83. The predicted molar refractivity (Wildman–Crippen MR) is 142 cm³/mol. The maximum absolute atomic E-state index is 13.7. The normalized spacial score (nSPS) is 15.5. The molecule has 0 saturated heterocycles. The zero-order chi connectivity index (χ0) is 24.5. The van der Waals surface area contributed by atoms with Crippen molar-refractivity contribution in [2.75, 3.05) is 5.32 Å². The zero-order valence-electron chi connectivity index (χ0n) is 18.5. The lowest BCUT2D eigenvalue weighted by molar-refractivity contribution is -0.113. The van der Waals surface area contributed by atoms with E-state index in [9.17, 15) is 9.59 Å². The Morgan fingerprint density at radius 2 is 1.71 bits per heavy atom. The Bertz CT molecular complexity index is 1640. The number of halogens is 2. The molecule has 1 aromatic heterocycles. The van der Waals surface area contributed by atoms with Crippen molar-refractivity contribution in [1.29, 1.82) is 0 Å². The van der Waals surface area contributed by atoms with Crippen LogP contribution in [0.1, 0.15) is 24.1 Å². The fourth-order valence-corrected chi connectivity index (χ4v) is 5.54. The molecule has 0 spiro atoms. The van der Waals surface area contributed by atoms with Crippen LogP contribution in [0.15, 0.2) is 99.9 Å². The monoisotopic (exact) mass is 519 g/mol. The number of para-hydroxylation sites is 1. The van der Waals surface area contributed by atoms with Gasteiger partial charge in [-0.1, -0.05) is 89.1 Å². The molecule has 0 bridgehead atoms. The summed E-state index contributed by atoms with van der Waals surface area (Å²) in [7, 11) is 0. The minimum absolute atomic E-state index is 0.244. The molecule has 1 aliphatic rings. The van der Waals surface area contributed by atoms with Crippen molar-refractivity contribution in [3.8, 4) is 0 Å². The minimum Gasteiger partial charge on any atom is -0.322 e. The third-order valence-electron chi connectivity index (χ3n) is 5.66. The number of nitrogens with zero attached hydrogens (tertiary/aromatic N) is 2. The highest BCUT2D eigenvalue weighted by atomic mass is 35.5. The number of hydrogen-bond acceptors (Lipinski definition) is 4. The smallest absolute Gasteiger partial charge is 0.271 e. The molecule has 5 rings (SSSR count). The fourth-order valence-electron chi connectivity index (χ4n) is 4.04. The number of carbonyl (C=O) groups excluding carboxylic acids is 1. The summed E-state index contributed by atoms with van der Waals surface area (Å²) in [6, 6.07) is 23.2. The number of nitrogens with one attached hydrogen (secondary N) is 1. The highest BCUT2D eigenvalue weighted by molar-refractivity contribution is 7.07. The van der Waals surface area contributed by atoms with Gasteiger partial charge in [0.1, 0.15) is 0 Å². The highest BCUT2D eigenvalue weighted by Crippen LogP contribution is 2.30. The van der Waals surface area contributed by atoms with E-state index in [4.69, 9.17) is 23.2 Å². The van der Waals surface area contributed by atoms with E-state index in [1.807, 2.05) is 60.7 Å². The lowest BCUT2D eigenvalue weighted by atomic mass is 9.95. The first-order chi connectivity index (χ1) is 16.9. The molecule has 2 heterocycles. The Morgan fingerprint density at radius 3 is 2.40 bits per heavy atom. The first kappa shape index (κ1) is 23.3. The summed E-state index contributed by atoms with van der Waals surface area (Å²) in [5.41, 5.74) is 2.89. The summed E-state index contributed by atoms with van der Waals surface area (Å²) in [6.07, 6.45) is 1.73. The van der Waals surface area contributed by atoms with Gasteiger partial charge in [0.25, 0.3) is 11.5 Å². The number of benzene rings is 3. The Balaban J connectivity index is 1.68. The van der Waals surface area contributed by atoms with Crippen LogP contribution in [0.25, 0.3) is 6.08 Å². The summed E-state index contributed by atoms with van der Waals surface area (Å²) < 4.78 is 2.05. The van der Waals surface area contributed by atoms with Crippen LogP contribution >= 0.6 is 34.5 Å². The average molecular weight is 520 g/mol. The number of rotatable bonds is 4. The molecule has 0 fully saturated rings. The molecule has 1 N–H and O–H groups in total. The number of amides is 1. The summed E-state index contributed by atoms with van der Waals surface area (Å²) in [6.45, 7) is 1.79. The van der Waals surface area contributed by atoms with Gasteiger partial charge in [0.05, 0.1) is 21.8 Å². The molecule has 4 aromatic rings. The van der Waals surface area contributed by atoms with Gasteiger partial charge in [0.2, 0.25) is 0 Å². The fraction of sp³-hybridized carbons (Fsp3) is 0.0741. The van der Waals surface area contributed by atoms with Crippen molar-refractivity contribution < 1.29 is 4.79 Å². The first-order valence-electron chi connectivity index (χ1n) is 10.8. The molecule has 3 aromatic carbocycles. The van der Waals surface area contributed by atoms with E-state index in [1.54, 1.807) is 35.8 Å². The topological polar surface area (TPSA) is 63.5 Å². The van der Waals surface area contributed by atoms with Gasteiger partial charge < -0.3 is 5.32 Å². The Kier molecular flexibility index (Phi) is 6.43. The SMILES string of the molecule is CC1=C(C(=O)Nc2ccccc2)C(c2ccccc2)n2c(s/c(=C/c3ccc(Cl)cc3Cl)c2=O)=N1. The lowest BCUT2D eigenvalue weighted by Gasteiger charge is -2.25. The third-order valence-corrected chi connectivity index (χ3v) is 7.21. The molecule has 1 atom stereocenters. The zero-order valence-corrected chi connectivity index (χ0v) is 20.9. The quantitative estimate of drug-likeness (QED) is 0.403. The largest absolute Gasteiger partial charge is 0.322 e. The van der Waals surface area contributed by atoms with Crippen molar-refractivity contribution in [3.05, 3.63) is 131 Å². The Labute approximate surface area is 215 Å². The van der Waals surface area contributed by atoms with Gasteiger partial charge in [0.15, 0.2) is 4.80 Å². The summed E-state index contributed by atoms with van der Waals surface area (Å²) in [5, 5.41) is 3.91. The summed E-state index contributed by atoms with van der Waals surface area (Å²) >= 11 is 13.6. The van der Waals surface area contributed by atoms with E-state index in [-0.39, 0.29) is 11.5 Å². The van der Waals surface area contributed by atoms with E-state index in [0.717, 1.165) is 5.56 Å². The average Bonchev–Trinajstić information content (AvgIpc) is 3.15. The van der Waals surface area contributed by atoms with Gasteiger partial charge in [0, 0.05) is 15.7 Å². The molecule has 0 aliphatic carbocycles. The number of thiazole rings is 1. The van der Waals surface area contributed by atoms with Gasteiger partial charge >= 0.3 is 0 Å². The van der Waals surface area contributed by atoms with Crippen molar-refractivity contribution in [3.63, 3.8) is 0 Å². The summed E-state index contributed by atoms with van der Waals surface area (Å²) in [4.78, 5) is 32.3. The van der Waals surface area contributed by atoms with E-state index in [2.05, 4.69) is 10.3 Å². The van der Waals surface area contributed by atoms with Crippen LogP contribution < -0.4 is 20.2 Å². The highest BCUT2D eigenvalue weighted by Gasteiger charge is 2.32. The second-order valence-electron chi connectivity index (χ2n) is 7.98. The van der Waals surface area contributed by atoms with E-state index in [0.29, 0.717) is 41.9 Å². The number of hydrogen-bond donors (Lipinski definition) is 1. The standard InChI is InChI=1S/C27H19Cl2N3O2S/c1-16-23(25(33)31-20-10-6-3-7-11-20)24(17-8-4-2-5-9-17)32-26(34)22(35-27(32)30-16)14-18-12-13-19(28)15-21(18)29/h2-15,24H,1H3,(H,31,33)/b22-14+. The molecule has 0 saturated carbocycles. The van der Waals surface area contributed by atoms with Gasteiger partial charge in [-0.05, 0) is 48.4 Å². The minimum atomic E-state index is -0.626. The maximum Gasteiger partial charge on any atom is 0.271 e.